The van der Waals surface area contributed by atoms with Gasteiger partial charge in [-0.15, -0.1) is 0 Å². The lowest BCUT2D eigenvalue weighted by molar-refractivity contribution is 0.202. The van der Waals surface area contributed by atoms with Crippen molar-refractivity contribution in [1.29, 1.82) is 0 Å². The minimum atomic E-state index is 0.318. The molecule has 2 nitrogen and oxygen atoms in total. The minimum Gasteiger partial charge on any atom is -0.489 e. The smallest absolute Gasteiger partial charge is 0.124 e. The maximum Gasteiger partial charge on any atom is 0.124 e. The quantitative estimate of drug-likeness (QED) is 0.735. The number of hydrogen-bond donors (Lipinski definition) is 1. The zero-order valence-electron chi connectivity index (χ0n) is 8.84. The molecular weight excluding hydrogens is 174 g/mol. The summed E-state index contributed by atoms with van der Waals surface area (Å²) < 4.78 is 5.92. The summed E-state index contributed by atoms with van der Waals surface area (Å²) in [4.78, 5) is 0. The van der Waals surface area contributed by atoms with Crippen LogP contribution in [0.5, 0.6) is 5.75 Å². The Kier molecular flexibility index (Phi) is 2.73. The topological polar surface area (TPSA) is 21.3 Å². The van der Waals surface area contributed by atoms with Crippen molar-refractivity contribution in [3.63, 3.8) is 0 Å². The summed E-state index contributed by atoms with van der Waals surface area (Å²) in [5.41, 5.74) is 2.53. The van der Waals surface area contributed by atoms with Crippen LogP contribution in [0.3, 0.4) is 0 Å². The summed E-state index contributed by atoms with van der Waals surface area (Å²) in [5.74, 6) is 1.06. The predicted octanol–water partition coefficient (Wildman–Crippen LogP) is 2.26. The third-order valence-electron chi connectivity index (χ3n) is 2.66. The van der Waals surface area contributed by atoms with E-state index in [0.29, 0.717) is 6.10 Å². The Morgan fingerprint density at radius 1 is 1.50 bits per heavy atom. The van der Waals surface area contributed by atoms with E-state index in [1.165, 1.54) is 11.1 Å². The van der Waals surface area contributed by atoms with E-state index >= 15 is 0 Å². The van der Waals surface area contributed by atoms with Gasteiger partial charge in [0.1, 0.15) is 11.9 Å². The molecule has 1 atom stereocenters. The first-order valence-corrected chi connectivity index (χ1v) is 5.26. The molecule has 0 fully saturated rings. The second-order valence-electron chi connectivity index (χ2n) is 3.89. The monoisotopic (exact) mass is 191 g/mol. The molecule has 0 bridgehead atoms. The van der Waals surface area contributed by atoms with Crippen molar-refractivity contribution >= 4 is 0 Å². The maximum atomic E-state index is 5.92. The van der Waals surface area contributed by atoms with Crippen LogP contribution in [0, 0.1) is 6.92 Å². The van der Waals surface area contributed by atoms with Gasteiger partial charge in [-0.1, -0.05) is 19.1 Å². The number of hydrogen-bond acceptors (Lipinski definition) is 2. The standard InChI is InChI=1S/C12H17NO/c1-3-11-8-13-7-10-5-4-9(2)6-12(10)14-11/h4-6,11,13H,3,7-8H2,1-2H3/t11-/m1/s1. The van der Waals surface area contributed by atoms with E-state index < -0.39 is 0 Å². The maximum absolute atomic E-state index is 5.92. The Morgan fingerprint density at radius 2 is 2.36 bits per heavy atom. The van der Waals surface area contributed by atoms with Gasteiger partial charge in [0.2, 0.25) is 0 Å². The van der Waals surface area contributed by atoms with E-state index in [1.807, 2.05) is 0 Å². The van der Waals surface area contributed by atoms with Gasteiger partial charge in [0.05, 0.1) is 0 Å². The Labute approximate surface area is 85.3 Å². The highest BCUT2D eigenvalue weighted by atomic mass is 16.5. The number of aryl methyl sites for hydroxylation is 1. The van der Waals surface area contributed by atoms with Gasteiger partial charge in [-0.2, -0.15) is 0 Å². The van der Waals surface area contributed by atoms with Crippen LogP contribution in [0.2, 0.25) is 0 Å². The Morgan fingerprint density at radius 3 is 3.14 bits per heavy atom. The summed E-state index contributed by atoms with van der Waals surface area (Å²) >= 11 is 0. The van der Waals surface area contributed by atoms with Crippen molar-refractivity contribution in [2.24, 2.45) is 0 Å². The highest BCUT2D eigenvalue weighted by Gasteiger charge is 2.15. The molecule has 1 N–H and O–H groups in total. The zero-order valence-corrected chi connectivity index (χ0v) is 8.84. The predicted molar refractivity (Wildman–Crippen MR) is 57.6 cm³/mol. The summed E-state index contributed by atoms with van der Waals surface area (Å²) in [6, 6.07) is 6.41. The van der Waals surface area contributed by atoms with Crippen LogP contribution < -0.4 is 10.1 Å². The molecule has 76 valence electrons. The van der Waals surface area contributed by atoms with Crippen molar-refractivity contribution in [2.45, 2.75) is 32.9 Å². The van der Waals surface area contributed by atoms with E-state index in [1.54, 1.807) is 0 Å². The van der Waals surface area contributed by atoms with Gasteiger partial charge >= 0.3 is 0 Å². The number of benzene rings is 1. The second kappa shape index (κ2) is 4.01. The average molecular weight is 191 g/mol. The largest absolute Gasteiger partial charge is 0.489 e. The fourth-order valence-corrected chi connectivity index (χ4v) is 1.73. The molecule has 0 spiro atoms. The molecule has 0 radical (unpaired) electrons. The number of rotatable bonds is 1. The first-order chi connectivity index (χ1) is 6.79. The molecule has 0 amide bonds. The van der Waals surface area contributed by atoms with Crippen molar-refractivity contribution in [2.75, 3.05) is 6.54 Å². The summed E-state index contributed by atoms with van der Waals surface area (Å²) in [7, 11) is 0. The van der Waals surface area contributed by atoms with Crippen LogP contribution in [-0.2, 0) is 6.54 Å². The normalized spacial score (nSPS) is 20.9. The van der Waals surface area contributed by atoms with E-state index in [0.717, 1.165) is 25.3 Å². The van der Waals surface area contributed by atoms with E-state index in [2.05, 4.69) is 37.4 Å². The first-order valence-electron chi connectivity index (χ1n) is 5.26. The molecular formula is C12H17NO. The van der Waals surface area contributed by atoms with Crippen LogP contribution >= 0.6 is 0 Å². The van der Waals surface area contributed by atoms with Gasteiger partial charge in [-0.25, -0.2) is 0 Å². The molecule has 0 saturated heterocycles. The van der Waals surface area contributed by atoms with Crippen LogP contribution in [0.1, 0.15) is 24.5 Å². The average Bonchev–Trinajstić information content (AvgIpc) is 2.38. The Hall–Kier alpha value is -1.02. The Balaban J connectivity index is 2.28. The van der Waals surface area contributed by atoms with Crippen LogP contribution in [0.4, 0.5) is 0 Å². The summed E-state index contributed by atoms with van der Waals surface area (Å²) in [5, 5.41) is 3.40. The van der Waals surface area contributed by atoms with E-state index in [4.69, 9.17) is 4.74 Å². The van der Waals surface area contributed by atoms with Crippen molar-refractivity contribution < 1.29 is 4.74 Å². The molecule has 1 aromatic carbocycles. The summed E-state index contributed by atoms with van der Waals surface area (Å²) in [6.45, 7) is 6.13. The fraction of sp³-hybridized carbons (Fsp3) is 0.500. The SMILES string of the molecule is CC[C@@H]1CNCc2ccc(C)cc2O1. The van der Waals surface area contributed by atoms with Gasteiger partial charge < -0.3 is 10.1 Å². The molecule has 1 aliphatic rings. The molecule has 2 rings (SSSR count). The lowest BCUT2D eigenvalue weighted by Crippen LogP contribution is -2.27. The molecule has 0 unspecified atom stereocenters. The Bertz CT molecular complexity index is 322. The number of nitrogens with one attached hydrogen (secondary N) is 1. The highest BCUT2D eigenvalue weighted by molar-refractivity contribution is 5.37. The van der Waals surface area contributed by atoms with Crippen LogP contribution in [0.25, 0.3) is 0 Å². The lowest BCUT2D eigenvalue weighted by Gasteiger charge is -2.15. The molecule has 0 aromatic heterocycles. The fourth-order valence-electron chi connectivity index (χ4n) is 1.73. The molecule has 2 heteroatoms. The molecule has 1 heterocycles. The third-order valence-corrected chi connectivity index (χ3v) is 2.66. The van der Waals surface area contributed by atoms with Crippen molar-refractivity contribution in [3.05, 3.63) is 29.3 Å². The van der Waals surface area contributed by atoms with Crippen LogP contribution in [-0.4, -0.2) is 12.6 Å². The molecule has 0 aliphatic carbocycles. The van der Waals surface area contributed by atoms with Gasteiger partial charge in [0.15, 0.2) is 0 Å². The molecule has 1 aromatic rings. The first kappa shape index (κ1) is 9.53. The van der Waals surface area contributed by atoms with Crippen molar-refractivity contribution in [3.8, 4) is 5.75 Å². The van der Waals surface area contributed by atoms with E-state index in [-0.39, 0.29) is 0 Å². The second-order valence-corrected chi connectivity index (χ2v) is 3.89. The number of ether oxygens (including phenoxy) is 1. The molecule has 0 saturated carbocycles. The van der Waals surface area contributed by atoms with Crippen molar-refractivity contribution in [1.82, 2.24) is 5.32 Å². The lowest BCUT2D eigenvalue weighted by atomic mass is 10.1. The highest BCUT2D eigenvalue weighted by Crippen LogP contribution is 2.23. The molecule has 14 heavy (non-hydrogen) atoms. The molecule has 1 aliphatic heterocycles. The van der Waals surface area contributed by atoms with E-state index in [9.17, 15) is 0 Å². The zero-order chi connectivity index (χ0) is 9.97. The van der Waals surface area contributed by atoms with Gasteiger partial charge in [0, 0.05) is 18.7 Å². The summed E-state index contributed by atoms with van der Waals surface area (Å²) in [6.07, 6.45) is 1.37. The van der Waals surface area contributed by atoms with Gasteiger partial charge in [-0.05, 0) is 25.0 Å². The third kappa shape index (κ3) is 1.90. The minimum absolute atomic E-state index is 0.318. The van der Waals surface area contributed by atoms with Crippen LogP contribution in [0.15, 0.2) is 18.2 Å². The number of fused-ring (bicyclic) bond motifs is 1. The van der Waals surface area contributed by atoms with Gasteiger partial charge in [-0.3, -0.25) is 0 Å². The van der Waals surface area contributed by atoms with Gasteiger partial charge in [0.25, 0.3) is 0 Å².